The van der Waals surface area contributed by atoms with E-state index in [1.807, 2.05) is 60.7 Å². The molecule has 0 aliphatic carbocycles. The Hall–Kier alpha value is -8.41. The van der Waals surface area contributed by atoms with Crippen LogP contribution in [0.3, 0.4) is 0 Å². The number of furan rings is 1. The molecule has 0 spiro atoms. The van der Waals surface area contributed by atoms with E-state index in [4.69, 9.17) is 19.4 Å². The van der Waals surface area contributed by atoms with Crippen molar-refractivity contribution in [2.75, 3.05) is 4.90 Å². The number of para-hydroxylation sites is 1. The molecule has 5 heteroatoms. The summed E-state index contributed by atoms with van der Waals surface area (Å²) in [5.41, 5.74) is 14.3. The van der Waals surface area contributed by atoms with Gasteiger partial charge in [0, 0.05) is 50.5 Å². The molecule has 292 valence electrons. The molecule has 5 nitrogen and oxygen atoms in total. The van der Waals surface area contributed by atoms with Crippen LogP contribution < -0.4 is 4.90 Å². The van der Waals surface area contributed by atoms with Crippen molar-refractivity contribution in [3.05, 3.63) is 231 Å². The van der Waals surface area contributed by atoms with Crippen molar-refractivity contribution < 1.29 is 4.42 Å². The number of hydrogen-bond acceptors (Lipinski definition) is 5. The van der Waals surface area contributed by atoms with E-state index in [9.17, 15) is 0 Å². The summed E-state index contributed by atoms with van der Waals surface area (Å²) in [6.07, 6.45) is 0. The molecule has 0 saturated carbocycles. The first kappa shape index (κ1) is 36.7. The fourth-order valence-corrected chi connectivity index (χ4v) is 8.35. The smallest absolute Gasteiger partial charge is 0.164 e. The predicted octanol–water partition coefficient (Wildman–Crippen LogP) is 15.2. The Morgan fingerprint density at radius 3 is 1.45 bits per heavy atom. The summed E-state index contributed by atoms with van der Waals surface area (Å²) >= 11 is 0. The number of fused-ring (bicyclic) bond motifs is 3. The second kappa shape index (κ2) is 16.0. The van der Waals surface area contributed by atoms with Crippen LogP contribution in [0, 0.1) is 0 Å². The highest BCUT2D eigenvalue weighted by molar-refractivity contribution is 6.13. The van der Waals surface area contributed by atoms with Gasteiger partial charge < -0.3 is 9.32 Å². The number of hydrogen-bond donors (Lipinski definition) is 0. The van der Waals surface area contributed by atoms with Gasteiger partial charge in [-0.2, -0.15) is 0 Å². The number of anilines is 3. The van der Waals surface area contributed by atoms with Crippen LogP contribution in [-0.4, -0.2) is 15.0 Å². The Kier molecular flexibility index (Phi) is 9.45. The molecular weight excluding hydrogens is 757 g/mol. The van der Waals surface area contributed by atoms with Crippen molar-refractivity contribution >= 4 is 39.0 Å². The van der Waals surface area contributed by atoms with Gasteiger partial charge >= 0.3 is 0 Å². The molecule has 11 rings (SSSR count). The normalized spacial score (nSPS) is 11.2. The third-order valence-electron chi connectivity index (χ3n) is 11.3. The Morgan fingerprint density at radius 2 is 0.790 bits per heavy atom. The van der Waals surface area contributed by atoms with Crippen LogP contribution in [-0.2, 0) is 0 Å². The SMILES string of the molecule is c1ccc(-c2ccc(N(c3ccc4c(c3)oc3cccc(-c5cccc(-c6nc(-c7ccccc7)nc(-c7ccccc7)n6)c5)c34)c3ccccc3-c3ccccc3)cc2)cc1. The Labute approximate surface area is 359 Å². The Bertz CT molecular complexity index is 3270. The first-order chi connectivity index (χ1) is 30.7. The fourth-order valence-electron chi connectivity index (χ4n) is 8.35. The maximum absolute atomic E-state index is 6.75. The zero-order chi connectivity index (χ0) is 41.2. The number of aromatic nitrogens is 3. The van der Waals surface area contributed by atoms with E-state index in [1.165, 1.54) is 11.1 Å². The summed E-state index contributed by atoms with van der Waals surface area (Å²) in [5, 5.41) is 2.10. The van der Waals surface area contributed by atoms with E-state index in [0.29, 0.717) is 17.5 Å². The van der Waals surface area contributed by atoms with Crippen molar-refractivity contribution in [1.29, 1.82) is 0 Å². The van der Waals surface area contributed by atoms with E-state index in [-0.39, 0.29) is 0 Å². The molecule has 11 aromatic rings. The fraction of sp³-hybridized carbons (Fsp3) is 0. The molecule has 0 atom stereocenters. The Morgan fingerprint density at radius 1 is 0.306 bits per heavy atom. The zero-order valence-corrected chi connectivity index (χ0v) is 33.6. The summed E-state index contributed by atoms with van der Waals surface area (Å²) in [4.78, 5) is 17.3. The summed E-state index contributed by atoms with van der Waals surface area (Å²) < 4.78 is 6.75. The highest BCUT2D eigenvalue weighted by Crippen LogP contribution is 2.44. The summed E-state index contributed by atoms with van der Waals surface area (Å²) in [7, 11) is 0. The number of nitrogens with zero attached hydrogens (tertiary/aromatic N) is 4. The van der Waals surface area contributed by atoms with Gasteiger partial charge in [0.2, 0.25) is 0 Å². The van der Waals surface area contributed by atoms with E-state index < -0.39 is 0 Å². The van der Waals surface area contributed by atoms with Crippen LogP contribution in [0.25, 0.3) is 89.5 Å². The summed E-state index contributed by atoms with van der Waals surface area (Å²) in [5.74, 6) is 1.87. The molecule has 0 bridgehead atoms. The van der Waals surface area contributed by atoms with Crippen LogP contribution >= 0.6 is 0 Å². The van der Waals surface area contributed by atoms with Crippen molar-refractivity contribution in [2.24, 2.45) is 0 Å². The molecular formula is C57H38N4O. The van der Waals surface area contributed by atoms with Gasteiger partial charge in [0.1, 0.15) is 11.2 Å². The van der Waals surface area contributed by atoms with E-state index in [1.54, 1.807) is 0 Å². The zero-order valence-electron chi connectivity index (χ0n) is 33.6. The number of benzene rings is 9. The van der Waals surface area contributed by atoms with Crippen LogP contribution in [0.1, 0.15) is 0 Å². The standard InChI is InChI=1S/C57H38N4O/c1-5-17-39(18-6-1)40-31-33-46(34-32-40)61(51-29-14-13-27-48(51)41-19-7-2-8-20-41)47-35-36-50-53(38-47)62-52-30-16-28-49(54(50)52)44-25-15-26-45(37-44)57-59-55(42-21-9-3-10-22-42)58-56(60-57)43-23-11-4-12-24-43/h1-38H. The van der Waals surface area contributed by atoms with Crippen LogP contribution in [0.2, 0.25) is 0 Å². The predicted molar refractivity (Wildman–Crippen MR) is 254 cm³/mol. The molecule has 0 aliphatic heterocycles. The lowest BCUT2D eigenvalue weighted by Crippen LogP contribution is -2.11. The topological polar surface area (TPSA) is 55.1 Å². The van der Waals surface area contributed by atoms with Crippen molar-refractivity contribution in [3.63, 3.8) is 0 Å². The maximum Gasteiger partial charge on any atom is 0.164 e. The van der Waals surface area contributed by atoms with E-state index >= 15 is 0 Å². The lowest BCUT2D eigenvalue weighted by Gasteiger charge is -2.28. The van der Waals surface area contributed by atoms with Crippen LogP contribution in [0.4, 0.5) is 17.1 Å². The van der Waals surface area contributed by atoms with Crippen molar-refractivity contribution in [1.82, 2.24) is 15.0 Å². The Balaban J connectivity index is 1.02. The molecule has 0 unspecified atom stereocenters. The van der Waals surface area contributed by atoms with Crippen molar-refractivity contribution in [2.45, 2.75) is 0 Å². The monoisotopic (exact) mass is 794 g/mol. The van der Waals surface area contributed by atoms with Crippen molar-refractivity contribution in [3.8, 4) is 67.5 Å². The van der Waals surface area contributed by atoms with Crippen LogP contribution in [0.5, 0.6) is 0 Å². The summed E-state index contributed by atoms with van der Waals surface area (Å²) in [6, 6.07) is 79.9. The van der Waals surface area contributed by atoms with Gasteiger partial charge in [-0.1, -0.05) is 182 Å². The largest absolute Gasteiger partial charge is 0.456 e. The maximum atomic E-state index is 6.75. The first-order valence-electron chi connectivity index (χ1n) is 20.8. The summed E-state index contributed by atoms with van der Waals surface area (Å²) in [6.45, 7) is 0. The first-order valence-corrected chi connectivity index (χ1v) is 20.8. The molecule has 2 heterocycles. The minimum atomic E-state index is 0.612. The molecule has 0 fully saturated rings. The van der Waals surface area contributed by atoms with E-state index in [0.717, 1.165) is 77.9 Å². The van der Waals surface area contributed by atoms with Gasteiger partial charge in [-0.3, -0.25) is 0 Å². The van der Waals surface area contributed by atoms with E-state index in [2.05, 4.69) is 175 Å². The van der Waals surface area contributed by atoms with Gasteiger partial charge in [0.15, 0.2) is 17.5 Å². The molecule has 0 radical (unpaired) electrons. The molecule has 9 aromatic carbocycles. The second-order valence-electron chi connectivity index (χ2n) is 15.2. The molecule has 2 aromatic heterocycles. The highest BCUT2D eigenvalue weighted by Gasteiger charge is 2.21. The van der Waals surface area contributed by atoms with Gasteiger partial charge in [-0.15, -0.1) is 0 Å². The second-order valence-corrected chi connectivity index (χ2v) is 15.2. The van der Waals surface area contributed by atoms with Crippen LogP contribution in [0.15, 0.2) is 235 Å². The van der Waals surface area contributed by atoms with Gasteiger partial charge in [0.25, 0.3) is 0 Å². The lowest BCUT2D eigenvalue weighted by molar-refractivity contribution is 0.669. The molecule has 62 heavy (non-hydrogen) atoms. The van der Waals surface area contributed by atoms with Gasteiger partial charge in [-0.25, -0.2) is 15.0 Å². The average molecular weight is 795 g/mol. The third kappa shape index (κ3) is 6.97. The average Bonchev–Trinajstić information content (AvgIpc) is 3.74. The lowest BCUT2D eigenvalue weighted by atomic mass is 9.97. The molecule has 0 saturated heterocycles. The minimum Gasteiger partial charge on any atom is -0.456 e. The highest BCUT2D eigenvalue weighted by atomic mass is 16.3. The third-order valence-corrected chi connectivity index (χ3v) is 11.3. The molecule has 0 aliphatic rings. The van der Waals surface area contributed by atoms with Gasteiger partial charge in [-0.05, 0) is 70.3 Å². The molecule has 0 N–H and O–H groups in total. The number of rotatable bonds is 9. The molecule has 0 amide bonds. The quantitative estimate of drug-likeness (QED) is 0.146. The van der Waals surface area contributed by atoms with Gasteiger partial charge in [0.05, 0.1) is 5.69 Å². The minimum absolute atomic E-state index is 0.612.